The summed E-state index contributed by atoms with van der Waals surface area (Å²) in [5.41, 5.74) is 9.57. The molecule has 2 aromatic carbocycles. The molecule has 0 aliphatic heterocycles. The monoisotopic (exact) mass is 394 g/mol. The van der Waals surface area contributed by atoms with E-state index < -0.39 is 5.91 Å². The Kier molecular flexibility index (Phi) is 6.16. The number of aromatic nitrogens is 2. The molecule has 0 saturated heterocycles. The highest BCUT2D eigenvalue weighted by molar-refractivity contribution is 8.00. The second kappa shape index (κ2) is 8.75. The summed E-state index contributed by atoms with van der Waals surface area (Å²) in [5, 5.41) is 7.58. The maximum atomic E-state index is 12.7. The molecule has 0 bridgehead atoms. The molecule has 0 radical (unpaired) electrons. The molecule has 3 aromatic rings. The van der Waals surface area contributed by atoms with Crippen molar-refractivity contribution in [3.8, 4) is 5.69 Å². The quantitative estimate of drug-likeness (QED) is 0.603. The van der Waals surface area contributed by atoms with E-state index in [-0.39, 0.29) is 11.7 Å². The van der Waals surface area contributed by atoms with Crippen molar-refractivity contribution in [1.82, 2.24) is 15.1 Å². The van der Waals surface area contributed by atoms with E-state index in [9.17, 15) is 9.59 Å². The lowest BCUT2D eigenvalue weighted by Crippen LogP contribution is -2.24. The average Bonchev–Trinajstić information content (AvgIpc) is 2.99. The molecule has 0 fully saturated rings. The maximum Gasteiger partial charge on any atom is 0.252 e. The van der Waals surface area contributed by atoms with Crippen LogP contribution in [0.15, 0.2) is 59.5 Å². The van der Waals surface area contributed by atoms with Gasteiger partial charge < -0.3 is 11.1 Å². The van der Waals surface area contributed by atoms with E-state index in [1.807, 2.05) is 61.0 Å². The van der Waals surface area contributed by atoms with Crippen molar-refractivity contribution in [2.75, 3.05) is 5.75 Å². The number of nitrogens with two attached hydrogens (primary N) is 1. The van der Waals surface area contributed by atoms with Crippen LogP contribution in [0.5, 0.6) is 0 Å². The highest BCUT2D eigenvalue weighted by Gasteiger charge is 2.16. The van der Waals surface area contributed by atoms with Crippen LogP contribution >= 0.6 is 11.8 Å². The minimum atomic E-state index is -0.417. The second-order valence-corrected chi connectivity index (χ2v) is 7.35. The molecule has 0 spiro atoms. The number of carbonyl (C=O) groups excluding carboxylic acids is 2. The van der Waals surface area contributed by atoms with E-state index in [0.29, 0.717) is 12.1 Å². The fraction of sp³-hybridized carbons (Fsp3) is 0.190. The minimum Gasteiger partial charge on any atom is -0.369 e. The Morgan fingerprint density at radius 1 is 1.07 bits per heavy atom. The molecule has 28 heavy (non-hydrogen) atoms. The summed E-state index contributed by atoms with van der Waals surface area (Å²) in [6.45, 7) is 4.30. The molecule has 3 rings (SSSR count). The van der Waals surface area contributed by atoms with Gasteiger partial charge >= 0.3 is 0 Å². The molecule has 0 unspecified atom stereocenters. The lowest BCUT2D eigenvalue weighted by molar-refractivity contribution is -0.115. The van der Waals surface area contributed by atoms with E-state index in [2.05, 4.69) is 10.4 Å². The van der Waals surface area contributed by atoms with Crippen molar-refractivity contribution >= 4 is 23.6 Å². The van der Waals surface area contributed by atoms with E-state index in [1.54, 1.807) is 12.1 Å². The molecular weight excluding hydrogens is 372 g/mol. The van der Waals surface area contributed by atoms with Gasteiger partial charge in [-0.25, -0.2) is 4.68 Å². The fourth-order valence-corrected chi connectivity index (χ4v) is 3.73. The first-order chi connectivity index (χ1) is 13.5. The Morgan fingerprint density at radius 3 is 2.46 bits per heavy atom. The van der Waals surface area contributed by atoms with E-state index in [4.69, 9.17) is 5.73 Å². The predicted molar refractivity (Wildman–Crippen MR) is 111 cm³/mol. The molecule has 7 heteroatoms. The van der Waals surface area contributed by atoms with Gasteiger partial charge in [0.2, 0.25) is 5.91 Å². The number of hydrogen-bond donors (Lipinski definition) is 2. The summed E-state index contributed by atoms with van der Waals surface area (Å²) in [4.78, 5) is 24.5. The molecule has 0 aliphatic carbocycles. The average molecular weight is 395 g/mol. The van der Waals surface area contributed by atoms with Crippen LogP contribution in [0.4, 0.5) is 0 Å². The normalized spacial score (nSPS) is 10.6. The molecule has 1 heterocycles. The van der Waals surface area contributed by atoms with Gasteiger partial charge in [0.05, 0.1) is 22.7 Å². The smallest absolute Gasteiger partial charge is 0.252 e. The van der Waals surface area contributed by atoms with Crippen molar-refractivity contribution in [3.63, 3.8) is 0 Å². The Balaban J connectivity index is 1.76. The largest absolute Gasteiger partial charge is 0.369 e. The first kappa shape index (κ1) is 19.7. The summed E-state index contributed by atoms with van der Waals surface area (Å²) in [6.07, 6.45) is 0. The Hall–Kier alpha value is -3.06. The topological polar surface area (TPSA) is 90.0 Å². The minimum absolute atomic E-state index is 0.131. The van der Waals surface area contributed by atoms with E-state index in [1.165, 1.54) is 11.8 Å². The van der Waals surface area contributed by atoms with Gasteiger partial charge in [-0.2, -0.15) is 5.10 Å². The third-order valence-corrected chi connectivity index (χ3v) is 5.47. The lowest BCUT2D eigenvalue weighted by Gasteiger charge is -2.10. The maximum absolute atomic E-state index is 12.7. The fourth-order valence-electron chi connectivity index (χ4n) is 2.94. The van der Waals surface area contributed by atoms with Crippen LogP contribution in [0, 0.1) is 13.8 Å². The van der Waals surface area contributed by atoms with Crippen LogP contribution in [0.2, 0.25) is 0 Å². The van der Waals surface area contributed by atoms with Gasteiger partial charge in [-0.1, -0.05) is 30.3 Å². The van der Waals surface area contributed by atoms with Crippen molar-refractivity contribution in [2.45, 2.75) is 25.3 Å². The summed E-state index contributed by atoms with van der Waals surface area (Å²) >= 11 is 1.26. The second-order valence-electron chi connectivity index (χ2n) is 6.33. The van der Waals surface area contributed by atoms with Crippen LogP contribution < -0.4 is 11.1 Å². The number of nitrogens with zero attached hydrogens (tertiary/aromatic N) is 2. The molecule has 0 saturated carbocycles. The van der Waals surface area contributed by atoms with Gasteiger partial charge in [0, 0.05) is 22.7 Å². The van der Waals surface area contributed by atoms with Crippen molar-refractivity contribution in [1.29, 1.82) is 0 Å². The summed E-state index contributed by atoms with van der Waals surface area (Å²) in [6, 6.07) is 17.1. The molecular formula is C21H22N4O2S. The zero-order valence-electron chi connectivity index (χ0n) is 15.8. The molecule has 1 aromatic heterocycles. The first-order valence-electron chi connectivity index (χ1n) is 8.86. The van der Waals surface area contributed by atoms with Gasteiger partial charge in [-0.15, -0.1) is 11.8 Å². The van der Waals surface area contributed by atoms with Crippen LogP contribution in [0.1, 0.15) is 27.3 Å². The number of rotatable bonds is 7. The van der Waals surface area contributed by atoms with Crippen LogP contribution in [-0.2, 0) is 11.3 Å². The van der Waals surface area contributed by atoms with Gasteiger partial charge in [0.15, 0.2) is 0 Å². The van der Waals surface area contributed by atoms with E-state index in [0.717, 1.165) is 27.5 Å². The van der Waals surface area contributed by atoms with Crippen LogP contribution in [0.25, 0.3) is 5.69 Å². The number of para-hydroxylation sites is 1. The lowest BCUT2D eigenvalue weighted by atomic mass is 10.1. The highest BCUT2D eigenvalue weighted by Crippen LogP contribution is 2.23. The molecule has 0 atom stereocenters. The first-order valence-corrected chi connectivity index (χ1v) is 9.84. The SMILES string of the molecule is Cc1nn(-c2ccccc2)c(C)c1CNC(=O)c1ccccc1SCC(N)=O. The Bertz CT molecular complexity index is 999. The third kappa shape index (κ3) is 4.43. The van der Waals surface area contributed by atoms with Crippen molar-refractivity contribution in [2.24, 2.45) is 5.73 Å². The highest BCUT2D eigenvalue weighted by atomic mass is 32.2. The summed E-state index contributed by atoms with van der Waals surface area (Å²) < 4.78 is 1.88. The number of benzene rings is 2. The van der Waals surface area contributed by atoms with Crippen LogP contribution in [-0.4, -0.2) is 27.3 Å². The number of amides is 2. The molecule has 6 nitrogen and oxygen atoms in total. The Labute approximate surface area is 168 Å². The number of aryl methyl sites for hydroxylation is 1. The number of thioether (sulfide) groups is 1. The predicted octanol–water partition coefficient (Wildman–Crippen LogP) is 3.00. The van der Waals surface area contributed by atoms with Crippen molar-refractivity contribution in [3.05, 3.63) is 77.1 Å². The standard InChI is InChI=1S/C21H22N4O2S/c1-14-18(15(2)25(24-14)16-8-4-3-5-9-16)12-23-21(27)17-10-6-7-11-19(17)28-13-20(22)26/h3-11H,12-13H2,1-2H3,(H2,22,26)(H,23,27). The van der Waals surface area contributed by atoms with Crippen molar-refractivity contribution < 1.29 is 9.59 Å². The number of nitrogens with one attached hydrogen (secondary N) is 1. The number of hydrogen-bond acceptors (Lipinski definition) is 4. The van der Waals surface area contributed by atoms with E-state index >= 15 is 0 Å². The zero-order valence-corrected chi connectivity index (χ0v) is 16.6. The molecule has 144 valence electrons. The molecule has 3 N–H and O–H groups in total. The van der Waals surface area contributed by atoms with Gasteiger partial charge in [0.25, 0.3) is 5.91 Å². The van der Waals surface area contributed by atoms with Gasteiger partial charge in [0.1, 0.15) is 0 Å². The summed E-state index contributed by atoms with van der Waals surface area (Å²) in [5.74, 6) is -0.481. The van der Waals surface area contributed by atoms with Crippen LogP contribution in [0.3, 0.4) is 0 Å². The third-order valence-electron chi connectivity index (χ3n) is 4.37. The molecule has 2 amide bonds. The molecule has 0 aliphatic rings. The number of primary amides is 1. The van der Waals surface area contributed by atoms with Gasteiger partial charge in [-0.3, -0.25) is 9.59 Å². The summed E-state index contributed by atoms with van der Waals surface area (Å²) in [7, 11) is 0. The Morgan fingerprint density at radius 2 is 1.75 bits per heavy atom. The zero-order chi connectivity index (χ0) is 20.1. The van der Waals surface area contributed by atoms with Gasteiger partial charge in [-0.05, 0) is 38.1 Å². The number of carbonyl (C=O) groups is 2.